The van der Waals surface area contributed by atoms with Gasteiger partial charge in [-0.15, -0.1) is 0 Å². The first kappa shape index (κ1) is 12.6. The van der Waals surface area contributed by atoms with E-state index in [0.29, 0.717) is 0 Å². The molecule has 0 radical (unpaired) electrons. The SMILES string of the molecule is CCCCC=O.OC1CCCCO1. The van der Waals surface area contributed by atoms with E-state index in [4.69, 9.17) is 9.84 Å². The third-order valence-corrected chi connectivity index (χ3v) is 1.83. The Morgan fingerprint density at radius 3 is 2.54 bits per heavy atom. The molecule has 3 nitrogen and oxygen atoms in total. The standard InChI is InChI=1S/C5H10O2.C5H10O/c6-5-3-1-2-4-7-5;1-2-3-4-5-6/h5-6H,1-4H2;5H,2-4H2,1H3. The van der Waals surface area contributed by atoms with Crippen LogP contribution in [0.1, 0.15) is 45.4 Å². The fourth-order valence-corrected chi connectivity index (χ4v) is 1.01. The Morgan fingerprint density at radius 2 is 2.31 bits per heavy atom. The number of ether oxygens (including phenoxy) is 1. The Balaban J connectivity index is 0.000000226. The number of hydrogen-bond donors (Lipinski definition) is 1. The zero-order valence-electron chi connectivity index (χ0n) is 8.37. The van der Waals surface area contributed by atoms with E-state index in [0.717, 1.165) is 51.4 Å². The zero-order chi connectivity index (χ0) is 9.94. The summed E-state index contributed by atoms with van der Waals surface area (Å²) in [5.74, 6) is 0. The number of aldehydes is 1. The van der Waals surface area contributed by atoms with Crippen LogP contribution < -0.4 is 0 Å². The third-order valence-electron chi connectivity index (χ3n) is 1.83. The van der Waals surface area contributed by atoms with Crippen LogP contribution in [0.2, 0.25) is 0 Å². The van der Waals surface area contributed by atoms with Crippen LogP contribution in [0, 0.1) is 0 Å². The van der Waals surface area contributed by atoms with Crippen molar-refractivity contribution in [2.24, 2.45) is 0 Å². The van der Waals surface area contributed by atoms with E-state index in [9.17, 15) is 4.79 Å². The summed E-state index contributed by atoms with van der Waals surface area (Å²) >= 11 is 0. The highest BCUT2D eigenvalue weighted by atomic mass is 16.6. The Kier molecular flexibility index (Phi) is 9.37. The van der Waals surface area contributed by atoms with Crippen molar-refractivity contribution in [1.82, 2.24) is 0 Å². The summed E-state index contributed by atoms with van der Waals surface area (Å²) in [7, 11) is 0. The van der Waals surface area contributed by atoms with Gasteiger partial charge in [-0.1, -0.05) is 13.3 Å². The normalized spacial score (nSPS) is 21.5. The number of aliphatic hydroxyl groups is 1. The number of aliphatic hydroxyl groups excluding tert-OH is 1. The van der Waals surface area contributed by atoms with E-state index in [1.165, 1.54) is 0 Å². The molecule has 0 aromatic rings. The fourth-order valence-electron chi connectivity index (χ4n) is 1.01. The average Bonchev–Trinajstić information content (AvgIpc) is 2.17. The van der Waals surface area contributed by atoms with Crippen molar-refractivity contribution in [2.45, 2.75) is 51.7 Å². The number of rotatable bonds is 3. The molecule has 0 bridgehead atoms. The van der Waals surface area contributed by atoms with Gasteiger partial charge in [-0.05, 0) is 25.7 Å². The Morgan fingerprint density at radius 1 is 1.54 bits per heavy atom. The molecule has 78 valence electrons. The van der Waals surface area contributed by atoms with Crippen LogP contribution in [-0.4, -0.2) is 24.3 Å². The second kappa shape index (κ2) is 9.68. The van der Waals surface area contributed by atoms with Crippen LogP contribution >= 0.6 is 0 Å². The molecule has 1 atom stereocenters. The van der Waals surface area contributed by atoms with Gasteiger partial charge in [0, 0.05) is 13.0 Å². The lowest BCUT2D eigenvalue weighted by atomic mass is 10.2. The Bertz CT molecular complexity index is 109. The van der Waals surface area contributed by atoms with Gasteiger partial charge in [0.25, 0.3) is 0 Å². The Hall–Kier alpha value is -0.410. The largest absolute Gasteiger partial charge is 0.368 e. The van der Waals surface area contributed by atoms with Crippen molar-refractivity contribution in [3.8, 4) is 0 Å². The molecule has 0 aromatic carbocycles. The van der Waals surface area contributed by atoms with Crippen molar-refractivity contribution in [1.29, 1.82) is 0 Å². The second-order valence-electron chi connectivity index (χ2n) is 3.13. The van der Waals surface area contributed by atoms with Gasteiger partial charge < -0.3 is 14.6 Å². The highest BCUT2D eigenvalue weighted by molar-refractivity contribution is 5.48. The summed E-state index contributed by atoms with van der Waals surface area (Å²) in [4.78, 5) is 9.56. The molecule has 0 spiro atoms. The molecule has 0 aliphatic carbocycles. The molecule has 1 saturated heterocycles. The molecule has 1 rings (SSSR count). The first-order valence-corrected chi connectivity index (χ1v) is 5.04. The lowest BCUT2D eigenvalue weighted by molar-refractivity contribution is -0.123. The van der Waals surface area contributed by atoms with Crippen molar-refractivity contribution < 1.29 is 14.6 Å². The van der Waals surface area contributed by atoms with Gasteiger partial charge >= 0.3 is 0 Å². The van der Waals surface area contributed by atoms with Gasteiger partial charge in [-0.3, -0.25) is 0 Å². The molecule has 3 heteroatoms. The van der Waals surface area contributed by atoms with E-state index >= 15 is 0 Å². The summed E-state index contributed by atoms with van der Waals surface area (Å²) < 4.78 is 4.83. The molecule has 1 heterocycles. The van der Waals surface area contributed by atoms with E-state index in [1.807, 2.05) is 0 Å². The van der Waals surface area contributed by atoms with Crippen LogP contribution in [0.5, 0.6) is 0 Å². The topological polar surface area (TPSA) is 46.5 Å². The predicted molar refractivity (Wildman–Crippen MR) is 51.4 cm³/mol. The molecule has 13 heavy (non-hydrogen) atoms. The summed E-state index contributed by atoms with van der Waals surface area (Å²) in [6.07, 6.45) is 6.44. The minimum Gasteiger partial charge on any atom is -0.368 e. The van der Waals surface area contributed by atoms with E-state index in [-0.39, 0.29) is 0 Å². The van der Waals surface area contributed by atoms with Gasteiger partial charge in [0.05, 0.1) is 0 Å². The minimum absolute atomic E-state index is 0.464. The smallest absolute Gasteiger partial charge is 0.154 e. The molecule has 0 aromatic heterocycles. The molecule has 1 N–H and O–H groups in total. The number of carbonyl (C=O) groups is 1. The quantitative estimate of drug-likeness (QED) is 0.543. The van der Waals surface area contributed by atoms with Crippen molar-refractivity contribution in [3.63, 3.8) is 0 Å². The molecule has 1 unspecified atom stereocenters. The van der Waals surface area contributed by atoms with Crippen LogP contribution in [0.15, 0.2) is 0 Å². The van der Waals surface area contributed by atoms with Crippen LogP contribution in [-0.2, 0) is 9.53 Å². The minimum atomic E-state index is -0.464. The first-order valence-electron chi connectivity index (χ1n) is 5.04. The maximum atomic E-state index is 9.56. The average molecular weight is 188 g/mol. The number of carbonyl (C=O) groups excluding carboxylic acids is 1. The lowest BCUT2D eigenvalue weighted by Gasteiger charge is -2.16. The highest BCUT2D eigenvalue weighted by Crippen LogP contribution is 2.08. The molecule has 0 saturated carbocycles. The van der Waals surface area contributed by atoms with Crippen LogP contribution in [0.4, 0.5) is 0 Å². The van der Waals surface area contributed by atoms with Gasteiger partial charge in [-0.2, -0.15) is 0 Å². The molecule has 0 amide bonds. The molecule has 1 aliphatic rings. The first-order chi connectivity index (χ1) is 6.31. The van der Waals surface area contributed by atoms with Crippen LogP contribution in [0.3, 0.4) is 0 Å². The lowest BCUT2D eigenvalue weighted by Crippen LogP contribution is -2.17. The maximum absolute atomic E-state index is 9.56. The Labute approximate surface area is 80.1 Å². The number of hydrogen-bond acceptors (Lipinski definition) is 3. The van der Waals surface area contributed by atoms with Crippen molar-refractivity contribution >= 4 is 6.29 Å². The predicted octanol–water partition coefficient (Wildman–Crippen LogP) is 1.88. The summed E-state index contributed by atoms with van der Waals surface area (Å²) in [5.41, 5.74) is 0. The van der Waals surface area contributed by atoms with Crippen molar-refractivity contribution in [3.05, 3.63) is 0 Å². The van der Waals surface area contributed by atoms with Gasteiger partial charge in [0.15, 0.2) is 6.29 Å². The van der Waals surface area contributed by atoms with Gasteiger partial charge in [0.1, 0.15) is 6.29 Å². The fraction of sp³-hybridized carbons (Fsp3) is 0.900. The third kappa shape index (κ3) is 9.50. The summed E-state index contributed by atoms with van der Waals surface area (Å²) in [5, 5.41) is 8.69. The van der Waals surface area contributed by atoms with Gasteiger partial charge in [-0.25, -0.2) is 0 Å². The molecule has 1 aliphatic heterocycles. The molecular weight excluding hydrogens is 168 g/mol. The van der Waals surface area contributed by atoms with Crippen molar-refractivity contribution in [2.75, 3.05) is 6.61 Å². The van der Waals surface area contributed by atoms with E-state index in [2.05, 4.69) is 6.92 Å². The highest BCUT2D eigenvalue weighted by Gasteiger charge is 2.07. The van der Waals surface area contributed by atoms with E-state index < -0.39 is 6.29 Å². The van der Waals surface area contributed by atoms with E-state index in [1.54, 1.807) is 0 Å². The monoisotopic (exact) mass is 188 g/mol. The summed E-state index contributed by atoms with van der Waals surface area (Å²) in [6.45, 7) is 2.81. The maximum Gasteiger partial charge on any atom is 0.154 e. The summed E-state index contributed by atoms with van der Waals surface area (Å²) in [6, 6.07) is 0. The zero-order valence-corrected chi connectivity index (χ0v) is 8.37. The number of unbranched alkanes of at least 4 members (excludes halogenated alkanes) is 2. The molecule has 1 fully saturated rings. The van der Waals surface area contributed by atoms with Crippen LogP contribution in [0.25, 0.3) is 0 Å². The second-order valence-corrected chi connectivity index (χ2v) is 3.13. The van der Waals surface area contributed by atoms with Gasteiger partial charge in [0.2, 0.25) is 0 Å². The molecular formula is C10H20O3.